The molecule has 1 fully saturated rings. The van der Waals surface area contributed by atoms with Crippen LogP contribution < -0.4 is 15.4 Å². The van der Waals surface area contributed by atoms with Crippen LogP contribution in [0.3, 0.4) is 0 Å². The fourth-order valence-electron chi connectivity index (χ4n) is 4.41. The van der Waals surface area contributed by atoms with Crippen molar-refractivity contribution < 1.29 is 57.5 Å². The first-order valence-electron chi connectivity index (χ1n) is 12.7. The van der Waals surface area contributed by atoms with E-state index in [2.05, 4.69) is 5.32 Å². The molecule has 3 aromatic carbocycles. The van der Waals surface area contributed by atoms with Crippen LogP contribution in [-0.2, 0) is 21.0 Å². The van der Waals surface area contributed by atoms with Gasteiger partial charge in [-0.25, -0.2) is 21.6 Å². The maximum absolute atomic E-state index is 15.0. The van der Waals surface area contributed by atoms with Gasteiger partial charge in [0.25, 0.3) is 5.91 Å². The van der Waals surface area contributed by atoms with Crippen LogP contribution in [0.15, 0.2) is 48.5 Å². The van der Waals surface area contributed by atoms with Crippen molar-refractivity contribution in [3.8, 4) is 0 Å². The molecule has 0 aliphatic heterocycles. The van der Waals surface area contributed by atoms with Crippen LogP contribution in [0.2, 0.25) is 5.02 Å². The first-order chi connectivity index (χ1) is 21.5. The Morgan fingerprint density at radius 2 is 1.51 bits per heavy atom. The Hall–Kier alpha value is -3.41. The fourth-order valence-corrected chi connectivity index (χ4v) is 6.54. The zero-order valence-corrected chi connectivity index (χ0v) is 25.8. The topological polar surface area (TPSA) is 104 Å². The molecular weight excluding hydrogens is 740 g/mol. The monoisotopic (exact) mass is 755 g/mol. The molecule has 0 bridgehead atoms. The van der Waals surface area contributed by atoms with E-state index in [0.717, 1.165) is 18.2 Å². The van der Waals surface area contributed by atoms with Crippen LogP contribution in [0, 0.1) is 23.4 Å². The number of alkyl halides is 8. The highest BCUT2D eigenvalue weighted by Gasteiger charge is 2.67. The van der Waals surface area contributed by atoms with E-state index in [-0.39, 0.29) is 16.3 Å². The molecule has 47 heavy (non-hydrogen) atoms. The van der Waals surface area contributed by atoms with Crippen LogP contribution in [-0.4, -0.2) is 36.5 Å². The molecule has 0 unspecified atom stereocenters. The molecule has 20 heteroatoms. The Bertz CT molecular complexity index is 1860. The molecule has 0 radical (unpaired) electrons. The first-order valence-corrected chi connectivity index (χ1v) is 15.5. The number of hydrogen-bond acceptors (Lipinski definition) is 4. The predicted molar refractivity (Wildman–Crippen MR) is 155 cm³/mol. The van der Waals surface area contributed by atoms with Crippen LogP contribution in [0.5, 0.6) is 0 Å². The van der Waals surface area contributed by atoms with Crippen LogP contribution in [0.25, 0.3) is 0 Å². The number of carbonyl (C=O) groups is 2. The van der Waals surface area contributed by atoms with Gasteiger partial charge in [0.2, 0.25) is 15.9 Å². The largest absolute Gasteiger partial charge is 0.419 e. The second-order valence-electron chi connectivity index (χ2n) is 10.1. The second-order valence-corrected chi connectivity index (χ2v) is 13.8. The molecule has 3 aromatic rings. The zero-order chi connectivity index (χ0) is 35.3. The molecule has 254 valence electrons. The van der Waals surface area contributed by atoms with Gasteiger partial charge < -0.3 is 10.6 Å². The van der Waals surface area contributed by atoms with E-state index in [0.29, 0.717) is 24.3 Å². The highest BCUT2D eigenvalue weighted by molar-refractivity contribution is 7.92. The second kappa shape index (κ2) is 12.9. The Morgan fingerprint density at radius 1 is 0.872 bits per heavy atom. The van der Waals surface area contributed by atoms with Crippen molar-refractivity contribution in [1.82, 2.24) is 0 Å². The lowest BCUT2D eigenvalue weighted by Crippen LogP contribution is -2.23. The highest BCUT2D eigenvalue weighted by atomic mass is 35.5. The standard InChI is InChI=1S/C27H17Cl3F9N3O4S/c28-15-3-2-12(40-24(44)20-19(26(20,29)30)11-1-4-16(31)14(9-11)27(37,38)39)10-13(15)23(43)41-18-6-5-17(32)22(21(18)33)42-47(45,46)8-7-25(34,35)36/h1-6,9-10,19-20,42H,7-8H2,(H,40,44)(H,41,43)/t19-,20+/m0/s1. The van der Waals surface area contributed by atoms with Crippen molar-refractivity contribution in [2.75, 3.05) is 21.1 Å². The number of anilines is 3. The summed E-state index contributed by atoms with van der Waals surface area (Å²) in [5, 5.41) is 4.09. The third kappa shape index (κ3) is 8.36. The highest BCUT2D eigenvalue weighted by Crippen LogP contribution is 2.65. The predicted octanol–water partition coefficient (Wildman–Crippen LogP) is 8.25. The quantitative estimate of drug-likeness (QED) is 0.151. The lowest BCUT2D eigenvalue weighted by atomic mass is 10.0. The fraction of sp³-hybridized carbons (Fsp3) is 0.259. The van der Waals surface area contributed by atoms with E-state index in [9.17, 15) is 53.1 Å². The molecule has 1 aliphatic rings. The smallest absolute Gasteiger partial charge is 0.326 e. The average Bonchev–Trinajstić information content (AvgIpc) is 3.53. The van der Waals surface area contributed by atoms with Crippen LogP contribution in [0.1, 0.15) is 33.8 Å². The molecular formula is C27H17Cl3F9N3O4S. The first kappa shape index (κ1) is 36.4. The molecule has 0 spiro atoms. The number of hydrogen-bond donors (Lipinski definition) is 3. The van der Waals surface area contributed by atoms with Crippen molar-refractivity contribution in [3.63, 3.8) is 0 Å². The third-order valence-electron chi connectivity index (χ3n) is 6.72. The van der Waals surface area contributed by atoms with Gasteiger partial charge in [-0.3, -0.25) is 14.3 Å². The van der Waals surface area contributed by atoms with Gasteiger partial charge >= 0.3 is 12.4 Å². The summed E-state index contributed by atoms with van der Waals surface area (Å²) in [5.41, 5.74) is -4.52. The number of amides is 2. The third-order valence-corrected chi connectivity index (χ3v) is 9.25. The number of benzene rings is 3. The Morgan fingerprint density at radius 3 is 2.13 bits per heavy atom. The number of halogens is 12. The summed E-state index contributed by atoms with van der Waals surface area (Å²) in [5.74, 6) is -10.9. The van der Waals surface area contributed by atoms with E-state index in [1.54, 1.807) is 0 Å². The van der Waals surface area contributed by atoms with Gasteiger partial charge in [0, 0.05) is 11.6 Å². The Labute approximate surface area is 274 Å². The summed E-state index contributed by atoms with van der Waals surface area (Å²) in [6, 6.07) is 6.52. The number of sulfonamides is 1. The molecule has 2 amide bonds. The van der Waals surface area contributed by atoms with E-state index >= 15 is 4.39 Å². The van der Waals surface area contributed by atoms with Gasteiger partial charge in [-0.2, -0.15) is 26.3 Å². The maximum atomic E-state index is 15.0. The molecule has 4 rings (SSSR count). The molecule has 0 heterocycles. The number of carbonyl (C=O) groups excluding carboxylic acids is 2. The van der Waals surface area contributed by atoms with Gasteiger partial charge in [0.05, 0.1) is 39.9 Å². The molecule has 0 saturated heterocycles. The summed E-state index contributed by atoms with van der Waals surface area (Å²) in [7, 11) is -4.89. The van der Waals surface area contributed by atoms with Gasteiger partial charge in [-0.05, 0) is 48.0 Å². The minimum absolute atomic E-state index is 0.132. The zero-order valence-electron chi connectivity index (χ0n) is 22.8. The molecule has 3 N–H and O–H groups in total. The van der Waals surface area contributed by atoms with Crippen molar-refractivity contribution in [2.45, 2.75) is 29.0 Å². The van der Waals surface area contributed by atoms with Crippen molar-refractivity contribution >= 4 is 73.7 Å². The average molecular weight is 757 g/mol. The van der Waals surface area contributed by atoms with Crippen molar-refractivity contribution in [1.29, 1.82) is 0 Å². The van der Waals surface area contributed by atoms with Gasteiger partial charge in [-0.1, -0.05) is 17.7 Å². The summed E-state index contributed by atoms with van der Waals surface area (Å²) >= 11 is 18.4. The molecule has 2 atom stereocenters. The summed E-state index contributed by atoms with van der Waals surface area (Å²) in [6.45, 7) is 0. The minimum Gasteiger partial charge on any atom is -0.326 e. The Kier molecular flexibility index (Phi) is 9.99. The SMILES string of the molecule is O=C(Nc1ccc(F)c(NS(=O)(=O)CCC(F)(F)F)c1F)c1cc(NC(=O)[C@H]2[C@H](c3ccc(F)c(C(F)(F)F)c3)C2(Cl)Cl)ccc1Cl. The van der Waals surface area contributed by atoms with E-state index < -0.39 is 102 Å². The molecule has 1 saturated carbocycles. The lowest BCUT2D eigenvalue weighted by molar-refractivity contribution is -0.140. The number of nitrogens with one attached hydrogen (secondary N) is 3. The maximum Gasteiger partial charge on any atom is 0.419 e. The summed E-state index contributed by atoms with van der Waals surface area (Å²) in [6.07, 6.45) is -11.7. The summed E-state index contributed by atoms with van der Waals surface area (Å²) < 4.78 is 143. The lowest BCUT2D eigenvalue weighted by Gasteiger charge is -2.14. The number of rotatable bonds is 9. The molecule has 7 nitrogen and oxygen atoms in total. The molecule has 1 aliphatic carbocycles. The minimum atomic E-state index is -5.04. The van der Waals surface area contributed by atoms with Crippen molar-refractivity contribution in [2.24, 2.45) is 5.92 Å². The summed E-state index contributed by atoms with van der Waals surface area (Å²) in [4.78, 5) is 25.9. The van der Waals surface area contributed by atoms with E-state index in [1.165, 1.54) is 10.8 Å². The molecule has 0 aromatic heterocycles. The van der Waals surface area contributed by atoms with E-state index in [1.807, 2.05) is 5.32 Å². The normalized spacial score (nSPS) is 17.6. The Balaban J connectivity index is 1.51. The van der Waals surface area contributed by atoms with Crippen LogP contribution in [0.4, 0.5) is 56.6 Å². The van der Waals surface area contributed by atoms with Gasteiger partial charge in [0.1, 0.15) is 21.7 Å². The van der Waals surface area contributed by atoms with Crippen LogP contribution >= 0.6 is 34.8 Å². The van der Waals surface area contributed by atoms with Crippen molar-refractivity contribution in [3.05, 3.63) is 87.7 Å². The van der Waals surface area contributed by atoms with E-state index in [4.69, 9.17) is 34.8 Å². The van der Waals surface area contributed by atoms with Gasteiger partial charge in [0.15, 0.2) is 5.82 Å². The van der Waals surface area contributed by atoms with Gasteiger partial charge in [-0.15, -0.1) is 23.2 Å².